The lowest BCUT2D eigenvalue weighted by Gasteiger charge is -2.19. The number of aromatic nitrogens is 2. The van der Waals surface area contributed by atoms with Crippen LogP contribution in [0.5, 0.6) is 11.5 Å². The minimum Gasteiger partial charge on any atom is -0.497 e. The van der Waals surface area contributed by atoms with Crippen molar-refractivity contribution in [2.75, 3.05) is 20.8 Å². The average molecular weight is 370 g/mol. The van der Waals surface area contributed by atoms with E-state index >= 15 is 0 Å². The van der Waals surface area contributed by atoms with E-state index in [2.05, 4.69) is 36.3 Å². The van der Waals surface area contributed by atoms with Gasteiger partial charge in [0.15, 0.2) is 0 Å². The van der Waals surface area contributed by atoms with Gasteiger partial charge in [-0.25, -0.2) is 0 Å². The normalized spacial score (nSPS) is 12.4. The summed E-state index contributed by atoms with van der Waals surface area (Å²) in [5, 5.41) is 21.0. The van der Waals surface area contributed by atoms with E-state index in [-0.39, 0.29) is 17.8 Å². The van der Waals surface area contributed by atoms with Gasteiger partial charge in [0.2, 0.25) is 0 Å². The Balaban J connectivity index is 0.00000312. The standard InChI is InChI=1S/C18H27N3O3.ClH/c1-18(2,3)17-12(10-20-21-17)9-19-11-15(22)14-8-13(23-4)6-7-16(14)24-5;/h6-8,10,15,19,22H,9,11H2,1-5H3,(H,20,21);1H. The molecule has 1 aromatic carbocycles. The largest absolute Gasteiger partial charge is 0.497 e. The molecule has 2 aromatic rings. The SMILES string of the molecule is COc1ccc(OC)c(C(O)CNCc2cn[nH]c2C(C)(C)C)c1.Cl. The fourth-order valence-corrected chi connectivity index (χ4v) is 2.65. The number of aliphatic hydroxyl groups is 1. The van der Waals surface area contributed by atoms with Crippen LogP contribution >= 0.6 is 12.4 Å². The molecule has 2 rings (SSSR count). The molecule has 0 bridgehead atoms. The van der Waals surface area contributed by atoms with Crippen LogP contribution in [0.2, 0.25) is 0 Å². The first-order valence-corrected chi connectivity index (χ1v) is 8.00. The first-order chi connectivity index (χ1) is 11.4. The van der Waals surface area contributed by atoms with Crippen LogP contribution in [0, 0.1) is 0 Å². The molecule has 1 heterocycles. The fourth-order valence-electron chi connectivity index (χ4n) is 2.65. The van der Waals surface area contributed by atoms with Crippen molar-refractivity contribution in [3.05, 3.63) is 41.2 Å². The second-order valence-electron chi connectivity index (χ2n) is 6.77. The van der Waals surface area contributed by atoms with Crippen molar-refractivity contribution < 1.29 is 14.6 Å². The van der Waals surface area contributed by atoms with Crippen LogP contribution in [0.15, 0.2) is 24.4 Å². The predicted molar refractivity (Wildman–Crippen MR) is 101 cm³/mol. The first-order valence-electron chi connectivity index (χ1n) is 8.00. The number of hydrogen-bond donors (Lipinski definition) is 3. The second-order valence-corrected chi connectivity index (χ2v) is 6.77. The van der Waals surface area contributed by atoms with Gasteiger partial charge in [0.05, 0.1) is 26.5 Å². The van der Waals surface area contributed by atoms with Gasteiger partial charge in [-0.2, -0.15) is 5.10 Å². The Morgan fingerprint density at radius 2 is 1.96 bits per heavy atom. The van der Waals surface area contributed by atoms with E-state index in [4.69, 9.17) is 9.47 Å². The lowest BCUT2D eigenvalue weighted by molar-refractivity contribution is 0.169. The maximum Gasteiger partial charge on any atom is 0.124 e. The van der Waals surface area contributed by atoms with Crippen molar-refractivity contribution in [2.45, 2.75) is 38.8 Å². The molecule has 3 N–H and O–H groups in total. The van der Waals surface area contributed by atoms with E-state index < -0.39 is 6.10 Å². The number of H-pyrrole nitrogens is 1. The lowest BCUT2D eigenvalue weighted by Crippen LogP contribution is -2.23. The molecule has 0 aliphatic heterocycles. The smallest absolute Gasteiger partial charge is 0.124 e. The summed E-state index contributed by atoms with van der Waals surface area (Å²) in [6.07, 6.45) is 1.13. The highest BCUT2D eigenvalue weighted by Crippen LogP contribution is 2.29. The van der Waals surface area contributed by atoms with Crippen molar-refractivity contribution in [1.82, 2.24) is 15.5 Å². The Morgan fingerprint density at radius 1 is 1.24 bits per heavy atom. The average Bonchev–Trinajstić information content (AvgIpc) is 3.03. The van der Waals surface area contributed by atoms with Crippen LogP contribution in [0.4, 0.5) is 0 Å². The topological polar surface area (TPSA) is 79.4 Å². The second kappa shape index (κ2) is 9.08. The summed E-state index contributed by atoms with van der Waals surface area (Å²) in [4.78, 5) is 0. The molecule has 0 saturated carbocycles. The van der Waals surface area contributed by atoms with Gasteiger partial charge in [0.25, 0.3) is 0 Å². The van der Waals surface area contributed by atoms with Crippen LogP contribution in [-0.4, -0.2) is 36.1 Å². The van der Waals surface area contributed by atoms with Gasteiger partial charge in [-0.1, -0.05) is 20.8 Å². The maximum atomic E-state index is 10.5. The van der Waals surface area contributed by atoms with Crippen molar-refractivity contribution >= 4 is 12.4 Å². The van der Waals surface area contributed by atoms with Gasteiger partial charge < -0.3 is 19.9 Å². The van der Waals surface area contributed by atoms with E-state index in [0.29, 0.717) is 30.2 Å². The minimum atomic E-state index is -0.694. The number of aliphatic hydroxyl groups excluding tert-OH is 1. The molecule has 1 unspecified atom stereocenters. The van der Waals surface area contributed by atoms with Crippen molar-refractivity contribution in [3.8, 4) is 11.5 Å². The third-order valence-electron chi connectivity index (χ3n) is 3.92. The van der Waals surface area contributed by atoms with Gasteiger partial charge in [0, 0.05) is 35.3 Å². The number of rotatable bonds is 7. The molecular formula is C18H28ClN3O3. The molecule has 0 radical (unpaired) electrons. The molecule has 0 saturated heterocycles. The van der Waals surface area contributed by atoms with E-state index in [1.165, 1.54) is 0 Å². The number of nitrogens with zero attached hydrogens (tertiary/aromatic N) is 1. The van der Waals surface area contributed by atoms with Gasteiger partial charge >= 0.3 is 0 Å². The lowest BCUT2D eigenvalue weighted by atomic mass is 9.89. The zero-order valence-electron chi connectivity index (χ0n) is 15.4. The number of aromatic amines is 1. The summed E-state index contributed by atoms with van der Waals surface area (Å²) in [7, 11) is 3.19. The predicted octanol–water partition coefficient (Wildman–Crippen LogP) is 2.97. The Bertz CT molecular complexity index is 668. The van der Waals surface area contributed by atoms with Crippen molar-refractivity contribution in [1.29, 1.82) is 0 Å². The summed E-state index contributed by atoms with van der Waals surface area (Å²) in [6.45, 7) is 7.45. The number of hydrogen-bond acceptors (Lipinski definition) is 5. The van der Waals surface area contributed by atoms with Gasteiger partial charge in [-0.3, -0.25) is 5.10 Å². The number of nitrogens with one attached hydrogen (secondary N) is 2. The molecule has 6 nitrogen and oxygen atoms in total. The number of benzene rings is 1. The fraction of sp³-hybridized carbons (Fsp3) is 0.500. The van der Waals surface area contributed by atoms with Gasteiger partial charge in [0.1, 0.15) is 11.5 Å². The Labute approximate surface area is 155 Å². The molecule has 140 valence electrons. The van der Waals surface area contributed by atoms with E-state index in [1.807, 2.05) is 12.3 Å². The summed E-state index contributed by atoms with van der Waals surface area (Å²) in [6, 6.07) is 5.40. The number of ether oxygens (including phenoxy) is 2. The van der Waals surface area contributed by atoms with Crippen LogP contribution in [0.3, 0.4) is 0 Å². The van der Waals surface area contributed by atoms with Crippen LogP contribution in [-0.2, 0) is 12.0 Å². The van der Waals surface area contributed by atoms with E-state index in [9.17, 15) is 5.11 Å². The molecular weight excluding hydrogens is 342 g/mol. The summed E-state index contributed by atoms with van der Waals surface area (Å²) in [5.41, 5.74) is 2.91. The number of methoxy groups -OCH3 is 2. The molecule has 1 atom stereocenters. The van der Waals surface area contributed by atoms with Crippen LogP contribution in [0.1, 0.15) is 43.7 Å². The monoisotopic (exact) mass is 369 g/mol. The van der Waals surface area contributed by atoms with Crippen molar-refractivity contribution in [3.63, 3.8) is 0 Å². The van der Waals surface area contributed by atoms with E-state index in [1.54, 1.807) is 26.4 Å². The Morgan fingerprint density at radius 3 is 2.56 bits per heavy atom. The molecule has 1 aromatic heterocycles. The molecule has 0 spiro atoms. The third kappa shape index (κ3) is 5.36. The highest BCUT2D eigenvalue weighted by Gasteiger charge is 2.20. The third-order valence-corrected chi connectivity index (χ3v) is 3.92. The van der Waals surface area contributed by atoms with Crippen LogP contribution in [0.25, 0.3) is 0 Å². The zero-order valence-corrected chi connectivity index (χ0v) is 16.2. The minimum absolute atomic E-state index is 0. The summed E-state index contributed by atoms with van der Waals surface area (Å²) >= 11 is 0. The quantitative estimate of drug-likeness (QED) is 0.699. The highest BCUT2D eigenvalue weighted by atomic mass is 35.5. The van der Waals surface area contributed by atoms with Gasteiger partial charge in [-0.05, 0) is 18.2 Å². The van der Waals surface area contributed by atoms with Crippen LogP contribution < -0.4 is 14.8 Å². The summed E-state index contributed by atoms with van der Waals surface area (Å²) < 4.78 is 10.5. The molecule has 25 heavy (non-hydrogen) atoms. The summed E-state index contributed by atoms with van der Waals surface area (Å²) in [5.74, 6) is 1.33. The van der Waals surface area contributed by atoms with Crippen molar-refractivity contribution in [2.24, 2.45) is 0 Å². The zero-order chi connectivity index (χ0) is 17.7. The molecule has 0 fully saturated rings. The van der Waals surface area contributed by atoms with E-state index in [0.717, 1.165) is 11.3 Å². The number of halogens is 1. The Kier molecular flexibility index (Phi) is 7.73. The first kappa shape index (κ1) is 21.3. The molecule has 0 amide bonds. The maximum absolute atomic E-state index is 10.5. The molecule has 0 aliphatic rings. The molecule has 7 heteroatoms. The highest BCUT2D eigenvalue weighted by molar-refractivity contribution is 5.85. The van der Waals surface area contributed by atoms with Gasteiger partial charge in [-0.15, -0.1) is 12.4 Å². The molecule has 0 aliphatic carbocycles. The Hall–Kier alpha value is -1.76.